The summed E-state index contributed by atoms with van der Waals surface area (Å²) in [6.45, 7) is 2.04. The van der Waals surface area contributed by atoms with Gasteiger partial charge < -0.3 is 20.1 Å². The lowest BCUT2D eigenvalue weighted by Gasteiger charge is -2.19. The number of aliphatic hydroxyl groups excluding tert-OH is 2. The molecule has 0 heterocycles. The van der Waals surface area contributed by atoms with Gasteiger partial charge in [-0.3, -0.25) is 4.79 Å². The van der Waals surface area contributed by atoms with E-state index in [0.29, 0.717) is 12.8 Å². The minimum atomic E-state index is -0.771. The Balaban J connectivity index is 2.23. The number of carbonyl (C=O) groups is 1. The lowest BCUT2D eigenvalue weighted by atomic mass is 9.92. The molecular formula is C21H31BrO5. The van der Waals surface area contributed by atoms with Gasteiger partial charge >= 0.3 is 5.97 Å². The van der Waals surface area contributed by atoms with E-state index in [4.69, 9.17) is 9.84 Å². The van der Waals surface area contributed by atoms with Crippen LogP contribution in [0, 0.1) is 5.92 Å². The number of rotatable bonds is 14. The Labute approximate surface area is 170 Å². The molecule has 1 rings (SSSR count). The number of aliphatic carboxylic acids is 1. The number of hydrogen-bond donors (Lipinski definition) is 3. The number of benzene rings is 1. The Hall–Kier alpha value is -1.37. The van der Waals surface area contributed by atoms with E-state index >= 15 is 0 Å². The number of carboxylic acid groups (broad SMARTS) is 1. The smallest absolute Gasteiger partial charge is 0.303 e. The second-order valence-corrected chi connectivity index (χ2v) is 7.76. The van der Waals surface area contributed by atoms with Crippen molar-refractivity contribution in [3.63, 3.8) is 0 Å². The van der Waals surface area contributed by atoms with Crippen LogP contribution in [0.1, 0.15) is 51.9 Å². The van der Waals surface area contributed by atoms with E-state index in [0.717, 1.165) is 35.9 Å². The van der Waals surface area contributed by atoms with Gasteiger partial charge in [0.25, 0.3) is 0 Å². The lowest BCUT2D eigenvalue weighted by molar-refractivity contribution is -0.137. The molecule has 3 atom stereocenters. The van der Waals surface area contributed by atoms with Crippen molar-refractivity contribution in [2.45, 2.75) is 64.1 Å². The first-order valence-corrected chi connectivity index (χ1v) is 10.3. The standard InChI is InChI=1S/C21H31BrO5/c1-16(23)17(8-4-2-3-5-13-21(25)26)9-6-11-19(24)15-27-20-12-7-10-18(22)14-20/h2,4,7,10,12,14,16-17,19,23-24H,3,5-6,8-9,11,13,15H2,1H3,(H,25,26)/b4-2-. The molecule has 152 valence electrons. The number of ether oxygens (including phenoxy) is 1. The maximum atomic E-state index is 10.5. The number of aliphatic hydroxyl groups is 2. The van der Waals surface area contributed by atoms with E-state index < -0.39 is 18.2 Å². The summed E-state index contributed by atoms with van der Waals surface area (Å²) in [6, 6.07) is 7.51. The summed E-state index contributed by atoms with van der Waals surface area (Å²) in [5.74, 6) is 0.0879. The van der Waals surface area contributed by atoms with Crippen molar-refractivity contribution in [3.05, 3.63) is 40.9 Å². The molecule has 3 N–H and O–H groups in total. The van der Waals surface area contributed by atoms with E-state index in [-0.39, 0.29) is 18.9 Å². The molecule has 5 nitrogen and oxygen atoms in total. The van der Waals surface area contributed by atoms with Gasteiger partial charge in [-0.25, -0.2) is 0 Å². The monoisotopic (exact) mass is 442 g/mol. The van der Waals surface area contributed by atoms with Crippen LogP contribution in [0.4, 0.5) is 0 Å². The molecule has 0 radical (unpaired) electrons. The summed E-state index contributed by atoms with van der Waals surface area (Å²) in [5.41, 5.74) is 0. The molecule has 0 fully saturated rings. The number of hydrogen-bond acceptors (Lipinski definition) is 4. The molecule has 0 amide bonds. The molecule has 0 saturated heterocycles. The zero-order valence-corrected chi connectivity index (χ0v) is 17.5. The molecule has 1 aromatic carbocycles. The van der Waals surface area contributed by atoms with Crippen LogP contribution in [-0.2, 0) is 4.79 Å². The molecule has 3 unspecified atom stereocenters. The Kier molecular flexibility index (Phi) is 12.1. The normalized spacial score (nSPS) is 14.8. The van der Waals surface area contributed by atoms with Gasteiger partial charge in [0, 0.05) is 10.9 Å². The van der Waals surface area contributed by atoms with Crippen molar-refractivity contribution in [2.75, 3.05) is 6.61 Å². The van der Waals surface area contributed by atoms with Crippen molar-refractivity contribution in [3.8, 4) is 5.75 Å². The fourth-order valence-corrected chi connectivity index (χ4v) is 3.14. The van der Waals surface area contributed by atoms with Crippen LogP contribution in [0.25, 0.3) is 0 Å². The highest BCUT2D eigenvalue weighted by atomic mass is 79.9. The molecule has 0 aliphatic rings. The highest BCUT2D eigenvalue weighted by Gasteiger charge is 2.14. The number of carboxylic acids is 1. The molecule has 6 heteroatoms. The van der Waals surface area contributed by atoms with Crippen LogP contribution in [0.2, 0.25) is 0 Å². The van der Waals surface area contributed by atoms with E-state index in [2.05, 4.69) is 15.9 Å². The fourth-order valence-electron chi connectivity index (χ4n) is 2.76. The first-order chi connectivity index (χ1) is 12.9. The third kappa shape index (κ3) is 11.8. The molecule has 0 bridgehead atoms. The molecule has 0 saturated carbocycles. The lowest BCUT2D eigenvalue weighted by Crippen LogP contribution is -2.20. The second-order valence-electron chi connectivity index (χ2n) is 6.85. The number of unbranched alkanes of at least 4 members (excludes halogenated alkanes) is 1. The summed E-state index contributed by atoms with van der Waals surface area (Å²) in [4.78, 5) is 10.5. The maximum absolute atomic E-state index is 10.5. The first-order valence-electron chi connectivity index (χ1n) is 9.49. The van der Waals surface area contributed by atoms with Crippen LogP contribution in [-0.4, -0.2) is 40.1 Å². The van der Waals surface area contributed by atoms with Gasteiger partial charge in [0.1, 0.15) is 12.4 Å². The summed E-state index contributed by atoms with van der Waals surface area (Å²) in [6.07, 6.45) is 7.63. The molecule has 0 aromatic heterocycles. The highest BCUT2D eigenvalue weighted by molar-refractivity contribution is 9.10. The second kappa shape index (κ2) is 13.7. The number of halogens is 1. The van der Waals surface area contributed by atoms with Crippen LogP contribution in [0.15, 0.2) is 40.9 Å². The van der Waals surface area contributed by atoms with E-state index in [1.54, 1.807) is 6.92 Å². The summed E-state index contributed by atoms with van der Waals surface area (Å²) in [7, 11) is 0. The molecule has 0 spiro atoms. The maximum Gasteiger partial charge on any atom is 0.303 e. The van der Waals surface area contributed by atoms with Crippen LogP contribution < -0.4 is 4.74 Å². The first kappa shape index (κ1) is 23.7. The summed E-state index contributed by atoms with van der Waals surface area (Å²) >= 11 is 3.38. The third-order valence-corrected chi connectivity index (χ3v) is 4.89. The quantitative estimate of drug-likeness (QED) is 0.290. The molecule has 1 aromatic rings. The van der Waals surface area contributed by atoms with Crippen LogP contribution in [0.5, 0.6) is 5.75 Å². The van der Waals surface area contributed by atoms with E-state index in [9.17, 15) is 15.0 Å². The zero-order chi connectivity index (χ0) is 20.1. The Morgan fingerprint density at radius 2 is 2.00 bits per heavy atom. The largest absolute Gasteiger partial charge is 0.491 e. The van der Waals surface area contributed by atoms with Gasteiger partial charge in [0.2, 0.25) is 0 Å². The minimum absolute atomic E-state index is 0.138. The average Bonchev–Trinajstić information content (AvgIpc) is 2.60. The van der Waals surface area contributed by atoms with Gasteiger partial charge in [-0.2, -0.15) is 0 Å². The van der Waals surface area contributed by atoms with Gasteiger partial charge in [0.15, 0.2) is 0 Å². The van der Waals surface area contributed by atoms with Crippen LogP contribution >= 0.6 is 15.9 Å². The summed E-state index contributed by atoms with van der Waals surface area (Å²) in [5, 5.41) is 28.6. The Bertz CT molecular complexity index is 573. The zero-order valence-electron chi connectivity index (χ0n) is 15.9. The van der Waals surface area contributed by atoms with Crippen molar-refractivity contribution < 1.29 is 24.9 Å². The Morgan fingerprint density at radius 3 is 2.67 bits per heavy atom. The van der Waals surface area contributed by atoms with Crippen LogP contribution in [0.3, 0.4) is 0 Å². The predicted octanol–water partition coefficient (Wildman–Crippen LogP) is 4.56. The van der Waals surface area contributed by atoms with Crippen molar-refractivity contribution in [1.82, 2.24) is 0 Å². The fraction of sp³-hybridized carbons (Fsp3) is 0.571. The topological polar surface area (TPSA) is 87.0 Å². The minimum Gasteiger partial charge on any atom is -0.491 e. The SMILES string of the molecule is CC(O)C(C/C=C\CCCC(=O)O)CCCC(O)COc1cccc(Br)c1. The molecule has 0 aliphatic heterocycles. The number of allylic oxidation sites excluding steroid dienone is 2. The van der Waals surface area contributed by atoms with Gasteiger partial charge in [0.05, 0.1) is 12.2 Å². The van der Waals surface area contributed by atoms with Crippen molar-refractivity contribution in [2.24, 2.45) is 5.92 Å². The molecule has 0 aliphatic carbocycles. The third-order valence-electron chi connectivity index (χ3n) is 4.40. The highest BCUT2D eigenvalue weighted by Crippen LogP contribution is 2.20. The van der Waals surface area contributed by atoms with Gasteiger partial charge in [-0.1, -0.05) is 40.6 Å². The molecule has 27 heavy (non-hydrogen) atoms. The van der Waals surface area contributed by atoms with E-state index in [1.165, 1.54) is 0 Å². The summed E-state index contributed by atoms with van der Waals surface area (Å²) < 4.78 is 6.53. The predicted molar refractivity (Wildman–Crippen MR) is 110 cm³/mol. The van der Waals surface area contributed by atoms with Gasteiger partial charge in [-0.05, 0) is 63.1 Å². The van der Waals surface area contributed by atoms with Crippen molar-refractivity contribution >= 4 is 21.9 Å². The van der Waals surface area contributed by atoms with Crippen molar-refractivity contribution in [1.29, 1.82) is 0 Å². The van der Waals surface area contributed by atoms with E-state index in [1.807, 2.05) is 36.4 Å². The average molecular weight is 443 g/mol. The van der Waals surface area contributed by atoms with Gasteiger partial charge in [-0.15, -0.1) is 0 Å². The Morgan fingerprint density at radius 1 is 1.22 bits per heavy atom. The molecular weight excluding hydrogens is 412 g/mol.